The number of aromatic nitrogens is 1. The van der Waals surface area contributed by atoms with E-state index in [0.717, 1.165) is 0 Å². The van der Waals surface area contributed by atoms with Crippen molar-refractivity contribution in [1.82, 2.24) is 5.16 Å². The zero-order chi connectivity index (χ0) is 12.0. The van der Waals surface area contributed by atoms with Crippen molar-refractivity contribution in [1.29, 1.82) is 0 Å². The van der Waals surface area contributed by atoms with E-state index in [0.29, 0.717) is 17.3 Å². The molecule has 88 valence electrons. The summed E-state index contributed by atoms with van der Waals surface area (Å²) in [5, 5.41) is 3.20. The molecule has 0 radical (unpaired) electrons. The second kappa shape index (κ2) is 3.63. The minimum absolute atomic E-state index is 0.193. The highest BCUT2D eigenvalue weighted by molar-refractivity contribution is 6.37. The number of β-lactam (4-membered cyclic amide) rings is 1. The first-order valence-electron chi connectivity index (χ1n) is 5.12. The molecule has 0 saturated carbocycles. The lowest BCUT2D eigenvalue weighted by Crippen LogP contribution is -2.56. The highest BCUT2D eigenvalue weighted by Crippen LogP contribution is 2.41. The Labute approximate surface area is 102 Å². The van der Waals surface area contributed by atoms with Gasteiger partial charge in [-0.15, -0.1) is 11.6 Å². The van der Waals surface area contributed by atoms with Gasteiger partial charge in [0, 0.05) is 6.07 Å². The van der Waals surface area contributed by atoms with Crippen molar-refractivity contribution in [2.75, 3.05) is 4.90 Å². The number of amides is 1. The van der Waals surface area contributed by atoms with Crippen LogP contribution in [0.1, 0.15) is 17.6 Å². The summed E-state index contributed by atoms with van der Waals surface area (Å²) in [7, 11) is 0. The van der Waals surface area contributed by atoms with Crippen molar-refractivity contribution in [2.45, 2.75) is 18.3 Å². The predicted molar refractivity (Wildman–Crippen MR) is 59.8 cm³/mol. The molecule has 3 rings (SSSR count). The number of furan rings is 1. The number of aryl methyl sites for hydroxylation is 1. The van der Waals surface area contributed by atoms with Gasteiger partial charge in [-0.25, -0.2) is 0 Å². The summed E-state index contributed by atoms with van der Waals surface area (Å²) in [6, 6.07) is 4.92. The van der Waals surface area contributed by atoms with Gasteiger partial charge in [0.2, 0.25) is 5.91 Å². The Hall–Kier alpha value is -1.75. The van der Waals surface area contributed by atoms with Gasteiger partial charge in [-0.1, -0.05) is 5.16 Å². The van der Waals surface area contributed by atoms with Crippen molar-refractivity contribution in [3.63, 3.8) is 0 Å². The normalized spacial score (nSPS) is 23.9. The van der Waals surface area contributed by atoms with Crippen LogP contribution in [0.3, 0.4) is 0 Å². The summed E-state index contributed by atoms with van der Waals surface area (Å²) < 4.78 is 10.2. The fourth-order valence-corrected chi connectivity index (χ4v) is 2.25. The lowest BCUT2D eigenvalue weighted by Gasteiger charge is -2.41. The molecule has 1 aliphatic heterocycles. The van der Waals surface area contributed by atoms with E-state index in [4.69, 9.17) is 20.5 Å². The molecule has 1 saturated heterocycles. The van der Waals surface area contributed by atoms with E-state index >= 15 is 0 Å². The van der Waals surface area contributed by atoms with E-state index in [-0.39, 0.29) is 11.9 Å². The van der Waals surface area contributed by atoms with Gasteiger partial charge < -0.3 is 8.94 Å². The molecule has 1 fully saturated rings. The van der Waals surface area contributed by atoms with E-state index in [1.807, 2.05) is 0 Å². The average Bonchev–Trinajstić information content (AvgIpc) is 2.95. The van der Waals surface area contributed by atoms with Crippen LogP contribution in [0.4, 0.5) is 5.82 Å². The zero-order valence-corrected chi connectivity index (χ0v) is 9.72. The largest absolute Gasteiger partial charge is 0.467 e. The zero-order valence-electron chi connectivity index (χ0n) is 8.96. The van der Waals surface area contributed by atoms with Crippen LogP contribution in [0.2, 0.25) is 0 Å². The molecule has 0 bridgehead atoms. The first-order valence-corrected chi connectivity index (χ1v) is 5.56. The van der Waals surface area contributed by atoms with Crippen LogP contribution in [0.25, 0.3) is 0 Å². The van der Waals surface area contributed by atoms with Gasteiger partial charge in [-0.3, -0.25) is 9.69 Å². The Morgan fingerprint density at radius 3 is 2.94 bits per heavy atom. The molecule has 2 aromatic rings. The molecule has 6 heteroatoms. The molecule has 3 heterocycles. The third kappa shape index (κ3) is 1.46. The van der Waals surface area contributed by atoms with Gasteiger partial charge in [0.15, 0.2) is 5.82 Å². The quantitative estimate of drug-likeness (QED) is 0.608. The number of rotatable bonds is 2. The van der Waals surface area contributed by atoms with E-state index in [1.165, 1.54) is 4.90 Å². The monoisotopic (exact) mass is 252 g/mol. The number of alkyl halides is 1. The topological polar surface area (TPSA) is 59.5 Å². The van der Waals surface area contributed by atoms with Crippen LogP contribution in [0, 0.1) is 6.92 Å². The molecule has 0 spiro atoms. The average molecular weight is 253 g/mol. The molecule has 0 N–H and O–H groups in total. The highest BCUT2D eigenvalue weighted by Gasteiger charge is 2.50. The van der Waals surface area contributed by atoms with Gasteiger partial charge in [0.05, 0.1) is 6.26 Å². The van der Waals surface area contributed by atoms with Gasteiger partial charge in [0.1, 0.15) is 22.9 Å². The maximum Gasteiger partial charge on any atom is 0.249 e. The fourth-order valence-electron chi connectivity index (χ4n) is 1.91. The third-order valence-corrected chi connectivity index (χ3v) is 3.15. The van der Waals surface area contributed by atoms with Gasteiger partial charge in [-0.05, 0) is 19.1 Å². The molecule has 1 aliphatic rings. The summed E-state index contributed by atoms with van der Waals surface area (Å²) in [5.74, 6) is 1.56. The third-order valence-electron chi connectivity index (χ3n) is 2.73. The van der Waals surface area contributed by atoms with Crippen LogP contribution in [0.15, 0.2) is 33.4 Å². The first-order chi connectivity index (χ1) is 8.18. The van der Waals surface area contributed by atoms with E-state index in [9.17, 15) is 4.79 Å². The minimum atomic E-state index is -0.613. The van der Waals surface area contributed by atoms with Crippen molar-refractivity contribution in [3.05, 3.63) is 36.0 Å². The Morgan fingerprint density at radius 2 is 2.35 bits per heavy atom. The standard InChI is InChI=1S/C11H9ClN2O3/c1-6-5-8(13-17-6)14-10(9(12)11(14)15)7-3-2-4-16-7/h2-5,9-10H,1H3. The Bertz CT molecular complexity index is 549. The molecule has 5 nitrogen and oxygen atoms in total. The molecule has 2 aromatic heterocycles. The van der Waals surface area contributed by atoms with Crippen LogP contribution in [-0.4, -0.2) is 16.4 Å². The molecule has 1 amide bonds. The van der Waals surface area contributed by atoms with Crippen molar-refractivity contribution < 1.29 is 13.7 Å². The van der Waals surface area contributed by atoms with Gasteiger partial charge in [-0.2, -0.15) is 0 Å². The molecule has 0 aliphatic carbocycles. The molecule has 2 atom stereocenters. The van der Waals surface area contributed by atoms with Gasteiger partial charge >= 0.3 is 0 Å². The number of carbonyl (C=O) groups excluding carboxylic acids is 1. The Morgan fingerprint density at radius 1 is 1.53 bits per heavy atom. The molecular formula is C11H9ClN2O3. The number of carbonyl (C=O) groups is 1. The second-order valence-electron chi connectivity index (χ2n) is 3.87. The Balaban J connectivity index is 1.96. The Kier molecular flexibility index (Phi) is 2.22. The lowest BCUT2D eigenvalue weighted by atomic mass is 9.99. The van der Waals surface area contributed by atoms with Crippen LogP contribution in [0.5, 0.6) is 0 Å². The van der Waals surface area contributed by atoms with Crippen molar-refractivity contribution in [2.24, 2.45) is 0 Å². The SMILES string of the molecule is Cc1cc(N2C(=O)C(Cl)C2c2ccco2)no1. The second-order valence-corrected chi connectivity index (χ2v) is 4.34. The molecule has 2 unspecified atom stereocenters. The molecule has 0 aromatic carbocycles. The summed E-state index contributed by atoms with van der Waals surface area (Å²) in [6.45, 7) is 1.76. The van der Waals surface area contributed by atoms with Crippen LogP contribution in [-0.2, 0) is 4.79 Å². The summed E-state index contributed by atoms with van der Waals surface area (Å²) in [6.07, 6.45) is 1.55. The number of hydrogen-bond donors (Lipinski definition) is 0. The van der Waals surface area contributed by atoms with E-state index in [2.05, 4.69) is 5.16 Å². The maximum atomic E-state index is 11.7. The van der Waals surface area contributed by atoms with E-state index in [1.54, 1.807) is 31.4 Å². The molecule has 17 heavy (non-hydrogen) atoms. The van der Waals surface area contributed by atoms with Gasteiger partial charge in [0.25, 0.3) is 0 Å². The van der Waals surface area contributed by atoms with E-state index < -0.39 is 5.38 Å². The summed E-state index contributed by atoms with van der Waals surface area (Å²) in [4.78, 5) is 13.2. The minimum Gasteiger partial charge on any atom is -0.467 e. The number of halogens is 1. The van der Waals surface area contributed by atoms with Crippen LogP contribution >= 0.6 is 11.6 Å². The number of hydrogen-bond acceptors (Lipinski definition) is 4. The first kappa shape index (κ1) is 10.4. The lowest BCUT2D eigenvalue weighted by molar-refractivity contribution is -0.124. The van der Waals surface area contributed by atoms with Crippen molar-refractivity contribution in [3.8, 4) is 0 Å². The smallest absolute Gasteiger partial charge is 0.249 e. The summed E-state index contributed by atoms with van der Waals surface area (Å²) >= 11 is 6.00. The van der Waals surface area contributed by atoms with Crippen molar-refractivity contribution >= 4 is 23.3 Å². The predicted octanol–water partition coefficient (Wildman–Crippen LogP) is 2.27. The van der Waals surface area contributed by atoms with Crippen LogP contribution < -0.4 is 4.90 Å². The number of nitrogens with zero attached hydrogens (tertiary/aromatic N) is 2. The highest BCUT2D eigenvalue weighted by atomic mass is 35.5. The summed E-state index contributed by atoms with van der Waals surface area (Å²) in [5.41, 5.74) is 0. The molecular weight excluding hydrogens is 244 g/mol. The number of anilines is 1. The maximum absolute atomic E-state index is 11.7. The fraction of sp³-hybridized carbons (Fsp3) is 0.273.